The molecule has 0 spiro atoms. The number of aromatic amines is 1. The van der Waals surface area contributed by atoms with E-state index in [4.69, 9.17) is 10.5 Å². The van der Waals surface area contributed by atoms with Crippen LogP contribution >= 0.6 is 0 Å². The van der Waals surface area contributed by atoms with Gasteiger partial charge in [-0.25, -0.2) is 4.98 Å². The van der Waals surface area contributed by atoms with Crippen LogP contribution in [-0.2, 0) is 9.53 Å². The summed E-state index contributed by atoms with van der Waals surface area (Å²) < 4.78 is 6.93. The highest BCUT2D eigenvalue weighted by Gasteiger charge is 2.50. The number of imidazole rings is 1. The average molecular weight is 347 g/mol. The first-order valence-electron chi connectivity index (χ1n) is 7.88. The SMILES string of the molecule is CC(C)(C)C(=O)OCC1(CO)CC1=Cn1cnc2c(=O)[nH]c(N)nc21. The van der Waals surface area contributed by atoms with E-state index in [0.717, 1.165) is 5.57 Å². The summed E-state index contributed by atoms with van der Waals surface area (Å²) in [7, 11) is 0. The zero-order valence-electron chi connectivity index (χ0n) is 14.4. The second-order valence-electron chi connectivity index (χ2n) is 7.37. The normalized spacial score (nSPS) is 21.7. The van der Waals surface area contributed by atoms with Crippen LogP contribution < -0.4 is 11.3 Å². The van der Waals surface area contributed by atoms with E-state index in [0.29, 0.717) is 12.1 Å². The maximum atomic E-state index is 11.9. The van der Waals surface area contributed by atoms with Crippen molar-refractivity contribution in [2.24, 2.45) is 10.8 Å². The first kappa shape index (κ1) is 17.2. The fourth-order valence-corrected chi connectivity index (χ4v) is 2.48. The third-order valence-electron chi connectivity index (χ3n) is 4.23. The van der Waals surface area contributed by atoms with Gasteiger partial charge in [0.15, 0.2) is 11.2 Å². The average Bonchev–Trinajstić information content (AvgIpc) is 3.06. The highest BCUT2D eigenvalue weighted by atomic mass is 16.5. The van der Waals surface area contributed by atoms with Crippen LogP contribution in [0.1, 0.15) is 27.2 Å². The summed E-state index contributed by atoms with van der Waals surface area (Å²) in [5.41, 5.74) is 5.37. The summed E-state index contributed by atoms with van der Waals surface area (Å²) >= 11 is 0. The molecule has 0 radical (unpaired) electrons. The predicted octanol–water partition coefficient (Wildman–Crippen LogP) is 0.514. The van der Waals surface area contributed by atoms with Crippen molar-refractivity contribution in [1.82, 2.24) is 19.5 Å². The molecule has 0 aliphatic heterocycles. The quantitative estimate of drug-likeness (QED) is 0.686. The molecule has 3 rings (SSSR count). The van der Waals surface area contributed by atoms with Gasteiger partial charge in [0.1, 0.15) is 12.9 Å². The summed E-state index contributed by atoms with van der Waals surface area (Å²) in [6.45, 7) is 5.29. The number of aromatic nitrogens is 4. The number of hydrogen-bond acceptors (Lipinski definition) is 7. The highest BCUT2D eigenvalue weighted by Crippen LogP contribution is 2.52. The number of rotatable bonds is 4. The predicted molar refractivity (Wildman–Crippen MR) is 91.4 cm³/mol. The van der Waals surface area contributed by atoms with Crippen LogP contribution in [0.25, 0.3) is 17.4 Å². The number of carbonyl (C=O) groups is 1. The van der Waals surface area contributed by atoms with Crippen LogP contribution in [0.4, 0.5) is 5.95 Å². The number of anilines is 1. The van der Waals surface area contributed by atoms with Crippen molar-refractivity contribution in [3.05, 3.63) is 22.3 Å². The Hall–Kier alpha value is -2.68. The number of nitrogens with one attached hydrogen (secondary N) is 1. The molecule has 25 heavy (non-hydrogen) atoms. The van der Waals surface area contributed by atoms with Crippen molar-refractivity contribution in [1.29, 1.82) is 0 Å². The monoisotopic (exact) mass is 347 g/mol. The summed E-state index contributed by atoms with van der Waals surface area (Å²) in [5, 5.41) is 9.73. The van der Waals surface area contributed by atoms with E-state index in [1.165, 1.54) is 6.33 Å². The van der Waals surface area contributed by atoms with Crippen LogP contribution in [0.5, 0.6) is 0 Å². The van der Waals surface area contributed by atoms with Gasteiger partial charge in [-0.2, -0.15) is 4.98 Å². The third kappa shape index (κ3) is 3.14. The van der Waals surface area contributed by atoms with Crippen LogP contribution in [0.15, 0.2) is 16.7 Å². The van der Waals surface area contributed by atoms with E-state index < -0.39 is 16.4 Å². The van der Waals surface area contributed by atoms with E-state index in [-0.39, 0.29) is 30.6 Å². The first-order chi connectivity index (χ1) is 11.7. The van der Waals surface area contributed by atoms with Crippen molar-refractivity contribution in [2.45, 2.75) is 27.2 Å². The number of nitrogens with two attached hydrogens (primary N) is 1. The lowest BCUT2D eigenvalue weighted by Gasteiger charge is -2.19. The fraction of sp³-hybridized carbons (Fsp3) is 0.500. The molecule has 0 bridgehead atoms. The zero-order valence-corrected chi connectivity index (χ0v) is 14.4. The molecule has 1 aliphatic rings. The molecule has 0 amide bonds. The van der Waals surface area contributed by atoms with Gasteiger partial charge in [0.2, 0.25) is 5.95 Å². The second-order valence-corrected chi connectivity index (χ2v) is 7.37. The van der Waals surface area contributed by atoms with Crippen LogP contribution in [0.2, 0.25) is 0 Å². The molecule has 9 heteroatoms. The van der Waals surface area contributed by atoms with Crippen molar-refractivity contribution in [2.75, 3.05) is 18.9 Å². The largest absolute Gasteiger partial charge is 0.464 e. The molecule has 1 aliphatic carbocycles. The lowest BCUT2D eigenvalue weighted by molar-refractivity contribution is -0.155. The number of H-pyrrole nitrogens is 1. The standard InChI is InChI=1S/C16H21N5O4/c1-15(2,3)13(24)25-7-16(6-22)4-9(16)5-21-8-18-10-11(21)19-14(17)20-12(10)23/h5,8,22H,4,6-7H2,1-3H3,(H3,17,19,20,23). The highest BCUT2D eigenvalue weighted by molar-refractivity contribution is 5.76. The summed E-state index contributed by atoms with van der Waals surface area (Å²) in [6, 6.07) is 0. The lowest BCUT2D eigenvalue weighted by Crippen LogP contribution is -2.27. The van der Waals surface area contributed by atoms with E-state index >= 15 is 0 Å². The van der Waals surface area contributed by atoms with Crippen molar-refractivity contribution < 1.29 is 14.6 Å². The van der Waals surface area contributed by atoms with E-state index in [1.54, 1.807) is 31.5 Å². The number of nitrogen functional groups attached to an aromatic ring is 1. The number of carbonyl (C=O) groups excluding carboxylic acids is 1. The molecule has 0 saturated heterocycles. The van der Waals surface area contributed by atoms with Gasteiger partial charge in [0, 0.05) is 6.20 Å². The fourth-order valence-electron chi connectivity index (χ4n) is 2.48. The third-order valence-corrected chi connectivity index (χ3v) is 4.23. The minimum absolute atomic E-state index is 0.000903. The summed E-state index contributed by atoms with van der Waals surface area (Å²) in [5.74, 6) is -0.318. The Bertz CT molecular complexity index is 921. The Morgan fingerprint density at radius 2 is 2.28 bits per heavy atom. The van der Waals surface area contributed by atoms with Crippen LogP contribution in [-0.4, -0.2) is 43.8 Å². The van der Waals surface area contributed by atoms with Gasteiger partial charge in [-0.05, 0) is 32.8 Å². The van der Waals surface area contributed by atoms with Crippen LogP contribution in [0, 0.1) is 10.8 Å². The number of fused-ring (bicyclic) bond motifs is 1. The molecule has 2 aromatic rings. The number of nitrogens with zero attached hydrogens (tertiary/aromatic N) is 3. The molecular weight excluding hydrogens is 326 g/mol. The second kappa shape index (κ2) is 5.69. The molecule has 1 fully saturated rings. The first-order valence-corrected chi connectivity index (χ1v) is 7.88. The molecule has 134 valence electrons. The van der Waals surface area contributed by atoms with Gasteiger partial charge >= 0.3 is 5.97 Å². The number of hydrogen-bond donors (Lipinski definition) is 3. The van der Waals surface area contributed by atoms with Gasteiger partial charge in [-0.15, -0.1) is 0 Å². The molecule has 2 aromatic heterocycles. The maximum absolute atomic E-state index is 11.9. The van der Waals surface area contributed by atoms with Crippen molar-refractivity contribution in [3.63, 3.8) is 0 Å². The minimum atomic E-state index is -0.599. The minimum Gasteiger partial charge on any atom is -0.464 e. The Labute approximate surface area is 143 Å². The van der Waals surface area contributed by atoms with Gasteiger partial charge in [0.25, 0.3) is 5.56 Å². The van der Waals surface area contributed by atoms with E-state index in [1.807, 2.05) is 0 Å². The van der Waals surface area contributed by atoms with Gasteiger partial charge in [-0.1, -0.05) is 0 Å². The molecule has 2 heterocycles. The molecule has 1 saturated carbocycles. The number of ether oxygens (including phenoxy) is 1. The Balaban J connectivity index is 1.84. The van der Waals surface area contributed by atoms with Gasteiger partial charge in [0.05, 0.1) is 17.4 Å². The molecule has 1 atom stereocenters. The summed E-state index contributed by atoms with van der Waals surface area (Å²) in [6.07, 6.45) is 3.78. The Morgan fingerprint density at radius 1 is 1.56 bits per heavy atom. The molecule has 1 unspecified atom stereocenters. The number of esters is 1. The van der Waals surface area contributed by atoms with Crippen molar-refractivity contribution in [3.8, 4) is 0 Å². The van der Waals surface area contributed by atoms with E-state index in [2.05, 4.69) is 15.0 Å². The number of aliphatic hydroxyl groups excluding tert-OH is 1. The van der Waals surface area contributed by atoms with Crippen molar-refractivity contribution >= 4 is 29.3 Å². The topological polar surface area (TPSA) is 136 Å². The van der Waals surface area contributed by atoms with E-state index in [9.17, 15) is 14.7 Å². The molecular formula is C16H21N5O4. The van der Waals surface area contributed by atoms with Gasteiger partial charge < -0.3 is 15.6 Å². The molecule has 9 nitrogen and oxygen atoms in total. The van der Waals surface area contributed by atoms with Crippen LogP contribution in [0.3, 0.4) is 0 Å². The smallest absolute Gasteiger partial charge is 0.311 e. The Morgan fingerprint density at radius 3 is 2.92 bits per heavy atom. The molecule has 4 N–H and O–H groups in total. The molecule has 0 aromatic carbocycles. The lowest BCUT2D eigenvalue weighted by atomic mass is 9.97. The number of aliphatic hydroxyl groups is 1. The maximum Gasteiger partial charge on any atom is 0.311 e. The Kier molecular flexibility index (Phi) is 3.91. The van der Waals surface area contributed by atoms with Gasteiger partial charge in [-0.3, -0.25) is 19.1 Å². The summed E-state index contributed by atoms with van der Waals surface area (Å²) in [4.78, 5) is 34.2. The zero-order chi connectivity index (χ0) is 18.4.